The maximum atomic E-state index is 13.1. The molecule has 1 fully saturated rings. The van der Waals surface area contributed by atoms with Gasteiger partial charge in [0.05, 0.1) is 11.3 Å². The van der Waals surface area contributed by atoms with Gasteiger partial charge in [-0.3, -0.25) is 9.59 Å². The van der Waals surface area contributed by atoms with Gasteiger partial charge in [-0.2, -0.15) is 0 Å². The molecule has 0 radical (unpaired) electrons. The molecule has 29 heavy (non-hydrogen) atoms. The Morgan fingerprint density at radius 1 is 1.28 bits per heavy atom. The average molecular weight is 422 g/mol. The largest absolute Gasteiger partial charge is 0.369 e. The number of unbranched alkanes of at least 4 members (excludes halogenated alkanes) is 1. The van der Waals surface area contributed by atoms with Gasteiger partial charge < -0.3 is 15.4 Å². The van der Waals surface area contributed by atoms with Gasteiger partial charge in [0.1, 0.15) is 0 Å². The third-order valence-corrected chi connectivity index (χ3v) is 8.22. The number of amides is 2. The molecule has 0 saturated heterocycles. The Bertz CT molecular complexity index is 733. The summed E-state index contributed by atoms with van der Waals surface area (Å²) in [5.41, 5.74) is 6.96. The van der Waals surface area contributed by atoms with Gasteiger partial charge in [-0.15, -0.1) is 0 Å². The Labute approximate surface area is 181 Å². The van der Waals surface area contributed by atoms with Crippen LogP contribution in [-0.2, 0) is 9.59 Å². The van der Waals surface area contributed by atoms with Crippen molar-refractivity contribution < 1.29 is 9.59 Å². The number of primary amides is 1. The van der Waals surface area contributed by atoms with E-state index >= 15 is 0 Å². The predicted molar refractivity (Wildman–Crippen MR) is 122 cm³/mol. The molecule has 2 rings (SSSR count). The minimum Gasteiger partial charge on any atom is -0.369 e. The Hall–Kier alpha value is -1.43. The number of hydrogen-bond acceptors (Lipinski definition) is 4. The molecule has 0 aromatic carbocycles. The zero-order chi connectivity index (χ0) is 22.2. The lowest BCUT2D eigenvalue weighted by atomic mass is 9.65. The van der Waals surface area contributed by atoms with E-state index in [1.165, 1.54) is 5.57 Å². The molecule has 3 N–H and O–H groups in total. The van der Waals surface area contributed by atoms with Crippen LogP contribution in [0.4, 0.5) is 0 Å². The molecule has 2 atom stereocenters. The van der Waals surface area contributed by atoms with E-state index in [4.69, 9.17) is 5.73 Å². The van der Waals surface area contributed by atoms with E-state index in [9.17, 15) is 9.59 Å². The monoisotopic (exact) mass is 421 g/mol. The summed E-state index contributed by atoms with van der Waals surface area (Å²) in [4.78, 5) is 26.9. The van der Waals surface area contributed by atoms with Gasteiger partial charge in [0, 0.05) is 23.2 Å². The van der Waals surface area contributed by atoms with Gasteiger partial charge in [-0.1, -0.05) is 27.2 Å². The fraction of sp³-hybridized carbons (Fsp3) is 0.739. The van der Waals surface area contributed by atoms with Crippen molar-refractivity contribution >= 4 is 23.8 Å². The number of allylic oxidation sites excluding steroid dienone is 1. The molecule has 1 aliphatic carbocycles. The molecule has 2 unspecified atom stereocenters. The van der Waals surface area contributed by atoms with Crippen molar-refractivity contribution in [2.24, 2.45) is 22.5 Å². The predicted octanol–water partition coefficient (Wildman–Crippen LogP) is 4.75. The highest BCUT2D eigenvalue weighted by Gasteiger charge is 2.60. The third kappa shape index (κ3) is 4.23. The molecular formula is C23H39N3O2S. The van der Waals surface area contributed by atoms with E-state index in [1.54, 1.807) is 11.9 Å². The minimum absolute atomic E-state index is 0.00149. The fourth-order valence-corrected chi connectivity index (χ4v) is 5.69. The summed E-state index contributed by atoms with van der Waals surface area (Å²) in [6, 6.07) is 0. The summed E-state index contributed by atoms with van der Waals surface area (Å²) in [6.07, 6.45) is 5.97. The molecule has 0 aromatic rings. The minimum atomic E-state index is -0.684. The number of carbonyl (C=O) groups excluding carboxylic acids is 2. The van der Waals surface area contributed by atoms with E-state index < -0.39 is 16.7 Å². The van der Waals surface area contributed by atoms with Crippen molar-refractivity contribution in [3.63, 3.8) is 0 Å². The number of nitrogens with zero attached hydrogens (tertiary/aromatic N) is 1. The summed E-state index contributed by atoms with van der Waals surface area (Å²) in [5, 5.41) is 2.99. The lowest BCUT2D eigenvalue weighted by molar-refractivity contribution is -0.137. The zero-order valence-corrected chi connectivity index (χ0v) is 20.3. The second kappa shape index (κ2) is 8.37. The van der Waals surface area contributed by atoms with Crippen molar-refractivity contribution in [3.8, 4) is 0 Å². The Morgan fingerprint density at radius 3 is 2.38 bits per heavy atom. The van der Waals surface area contributed by atoms with Crippen LogP contribution in [0.2, 0.25) is 0 Å². The number of nitrogens with one attached hydrogen (secondary N) is 1. The lowest BCUT2D eigenvalue weighted by Crippen LogP contribution is -2.48. The molecule has 164 valence electrons. The summed E-state index contributed by atoms with van der Waals surface area (Å²) in [6.45, 7) is 17.3. The number of nitrogens with two attached hydrogens (primary N) is 1. The number of hydrogen-bond donors (Lipinski definition) is 2. The lowest BCUT2D eigenvalue weighted by Gasteiger charge is -2.39. The van der Waals surface area contributed by atoms with Gasteiger partial charge in [0.15, 0.2) is 0 Å². The average Bonchev–Trinajstić information content (AvgIpc) is 3.11. The Morgan fingerprint density at radius 2 is 1.90 bits per heavy atom. The topological polar surface area (TPSA) is 75.4 Å². The van der Waals surface area contributed by atoms with Crippen molar-refractivity contribution in [3.05, 3.63) is 22.3 Å². The van der Waals surface area contributed by atoms with Crippen LogP contribution in [0.5, 0.6) is 0 Å². The molecule has 2 aliphatic rings. The highest BCUT2D eigenvalue weighted by molar-refractivity contribution is 8.01. The summed E-state index contributed by atoms with van der Waals surface area (Å²) >= 11 is 1.70. The summed E-state index contributed by atoms with van der Waals surface area (Å²) in [5.74, 6) is -0.792. The normalized spacial score (nSPS) is 29.2. The first-order valence-electron chi connectivity index (χ1n) is 10.8. The second-order valence-corrected chi connectivity index (χ2v) is 11.1. The van der Waals surface area contributed by atoms with Crippen LogP contribution in [0.1, 0.15) is 81.1 Å². The van der Waals surface area contributed by atoms with E-state index in [2.05, 4.69) is 43.5 Å². The highest BCUT2D eigenvalue weighted by atomic mass is 32.2. The zero-order valence-electron chi connectivity index (χ0n) is 19.4. The third-order valence-electron chi connectivity index (χ3n) is 6.67. The molecule has 6 heteroatoms. The van der Waals surface area contributed by atoms with Gasteiger partial charge in [-0.25, -0.2) is 0 Å². The van der Waals surface area contributed by atoms with Crippen LogP contribution >= 0.6 is 11.9 Å². The van der Waals surface area contributed by atoms with Crippen molar-refractivity contribution in [1.29, 1.82) is 0 Å². The molecule has 0 bridgehead atoms. The molecular weight excluding hydrogens is 382 g/mol. The van der Waals surface area contributed by atoms with E-state index in [1.807, 2.05) is 27.7 Å². The van der Waals surface area contributed by atoms with E-state index in [0.29, 0.717) is 13.0 Å². The first-order chi connectivity index (χ1) is 13.3. The maximum absolute atomic E-state index is 13.1. The standard InChI is InChI=1S/C23H39N3O2S/c1-9-11-12-15-14-26(21(3,4)5)29-18(15)16-13-23(8,20(28)25-10-2)22(6,7)17(16)19(24)27/h14,17H,9-13H2,1-8H3,(H2,24,27)(H,25,28)/b18-16-. The van der Waals surface area contributed by atoms with Crippen LogP contribution < -0.4 is 11.1 Å². The van der Waals surface area contributed by atoms with Crippen LogP contribution in [0.25, 0.3) is 0 Å². The fourth-order valence-electron chi connectivity index (χ4n) is 4.46. The van der Waals surface area contributed by atoms with Crippen LogP contribution in [0.3, 0.4) is 0 Å². The second-order valence-electron chi connectivity index (χ2n) is 10.1. The first kappa shape index (κ1) is 23.8. The summed E-state index contributed by atoms with van der Waals surface area (Å²) in [7, 11) is 0. The molecule has 5 nitrogen and oxygen atoms in total. The number of rotatable bonds is 6. The van der Waals surface area contributed by atoms with Gasteiger partial charge in [0.25, 0.3) is 0 Å². The van der Waals surface area contributed by atoms with Crippen LogP contribution in [-0.4, -0.2) is 28.2 Å². The van der Waals surface area contributed by atoms with Crippen LogP contribution in [0.15, 0.2) is 22.3 Å². The summed E-state index contributed by atoms with van der Waals surface area (Å²) < 4.78 is 2.27. The van der Waals surface area contributed by atoms with Crippen molar-refractivity contribution in [2.45, 2.75) is 86.6 Å². The molecule has 1 heterocycles. The Kier molecular flexibility index (Phi) is 6.88. The smallest absolute Gasteiger partial charge is 0.226 e. The van der Waals surface area contributed by atoms with E-state index in [0.717, 1.165) is 29.7 Å². The Balaban J connectivity index is 2.62. The van der Waals surface area contributed by atoms with Crippen LogP contribution in [0, 0.1) is 16.7 Å². The number of carbonyl (C=O) groups is 2. The molecule has 1 aliphatic heterocycles. The van der Waals surface area contributed by atoms with E-state index in [-0.39, 0.29) is 17.4 Å². The molecule has 2 amide bonds. The van der Waals surface area contributed by atoms with Crippen molar-refractivity contribution in [2.75, 3.05) is 6.54 Å². The SMILES string of the molecule is CCCCC1=CN(C(C)(C)C)S/C1=C1/CC(C)(C(=O)NCC)C(C)(C)C1C(N)=O. The molecule has 1 saturated carbocycles. The quantitative estimate of drug-likeness (QED) is 0.607. The van der Waals surface area contributed by atoms with Gasteiger partial charge >= 0.3 is 0 Å². The first-order valence-corrected chi connectivity index (χ1v) is 11.6. The van der Waals surface area contributed by atoms with Crippen molar-refractivity contribution in [1.82, 2.24) is 9.62 Å². The highest BCUT2D eigenvalue weighted by Crippen LogP contribution is 2.61. The molecule has 0 aromatic heterocycles. The van der Waals surface area contributed by atoms with Gasteiger partial charge in [0.2, 0.25) is 11.8 Å². The molecule has 0 spiro atoms. The van der Waals surface area contributed by atoms with Gasteiger partial charge in [-0.05, 0) is 82.4 Å². The maximum Gasteiger partial charge on any atom is 0.226 e.